The number of carbonyl (C=O) groups is 2. The molecule has 120 valence electrons. The summed E-state index contributed by atoms with van der Waals surface area (Å²) in [5, 5.41) is 5.56. The Labute approximate surface area is 133 Å². The minimum atomic E-state index is -0.328. The van der Waals surface area contributed by atoms with Crippen molar-refractivity contribution in [2.75, 3.05) is 18.5 Å². The zero-order valence-electron chi connectivity index (χ0n) is 12.6. The molecule has 0 unspecified atom stereocenters. The molecule has 0 bridgehead atoms. The van der Waals surface area contributed by atoms with E-state index in [9.17, 15) is 9.59 Å². The molecule has 0 aliphatic carbocycles. The first kappa shape index (κ1) is 15.3. The van der Waals surface area contributed by atoms with Crippen LogP contribution in [0.2, 0.25) is 0 Å². The Kier molecular flexibility index (Phi) is 4.73. The van der Waals surface area contributed by atoms with E-state index in [0.29, 0.717) is 17.8 Å². The summed E-state index contributed by atoms with van der Waals surface area (Å²) in [6.45, 7) is 1.29. The smallest absolute Gasteiger partial charge is 0.291 e. The van der Waals surface area contributed by atoms with E-state index in [0.717, 1.165) is 19.4 Å². The largest absolute Gasteiger partial charge is 0.459 e. The second kappa shape index (κ2) is 7.11. The van der Waals surface area contributed by atoms with Gasteiger partial charge >= 0.3 is 0 Å². The Morgan fingerprint density at radius 1 is 1.13 bits per heavy atom. The average Bonchev–Trinajstić information content (AvgIpc) is 3.26. The number of furan rings is 1. The molecular weight excluding hydrogens is 296 g/mol. The van der Waals surface area contributed by atoms with E-state index < -0.39 is 0 Å². The fourth-order valence-corrected chi connectivity index (χ4v) is 2.42. The van der Waals surface area contributed by atoms with E-state index in [4.69, 9.17) is 9.15 Å². The third-order valence-corrected chi connectivity index (χ3v) is 3.66. The van der Waals surface area contributed by atoms with Gasteiger partial charge in [0.05, 0.1) is 12.4 Å². The van der Waals surface area contributed by atoms with E-state index in [2.05, 4.69) is 10.6 Å². The first-order valence-corrected chi connectivity index (χ1v) is 7.57. The Bertz CT molecular complexity index is 658. The van der Waals surface area contributed by atoms with Gasteiger partial charge in [-0.05, 0) is 49.2 Å². The molecule has 1 saturated heterocycles. The summed E-state index contributed by atoms with van der Waals surface area (Å²) in [6.07, 6.45) is 3.59. The molecule has 3 rings (SSSR count). The van der Waals surface area contributed by atoms with Crippen LogP contribution in [0.4, 0.5) is 5.69 Å². The van der Waals surface area contributed by atoms with Crippen molar-refractivity contribution >= 4 is 17.5 Å². The molecule has 1 aliphatic rings. The SMILES string of the molecule is O=C(NC[C@@H]1CCCO1)c1ccc(NC(=O)c2ccco2)cc1. The lowest BCUT2D eigenvalue weighted by Gasteiger charge is -2.11. The standard InChI is InChI=1S/C17H18N2O4/c20-16(18-11-14-3-1-9-22-14)12-5-7-13(8-6-12)19-17(21)15-4-2-10-23-15/h2,4-8,10,14H,1,3,9,11H2,(H,18,20)(H,19,21)/t14-/m0/s1. The number of hydrogen-bond acceptors (Lipinski definition) is 4. The van der Waals surface area contributed by atoms with E-state index in [1.54, 1.807) is 36.4 Å². The molecule has 6 nitrogen and oxygen atoms in total. The molecule has 1 fully saturated rings. The Morgan fingerprint density at radius 3 is 2.61 bits per heavy atom. The van der Waals surface area contributed by atoms with Crippen LogP contribution in [0.15, 0.2) is 47.1 Å². The molecule has 0 saturated carbocycles. The van der Waals surface area contributed by atoms with Gasteiger partial charge in [0.1, 0.15) is 0 Å². The summed E-state index contributed by atoms with van der Waals surface area (Å²) in [7, 11) is 0. The van der Waals surface area contributed by atoms with Gasteiger partial charge in [0.2, 0.25) is 0 Å². The van der Waals surface area contributed by atoms with Gasteiger partial charge in [0.15, 0.2) is 5.76 Å². The fraction of sp³-hybridized carbons (Fsp3) is 0.294. The molecule has 2 aromatic rings. The van der Waals surface area contributed by atoms with Crippen molar-refractivity contribution in [1.29, 1.82) is 0 Å². The normalized spacial score (nSPS) is 17.0. The van der Waals surface area contributed by atoms with Gasteiger partial charge in [-0.3, -0.25) is 9.59 Å². The molecule has 1 aromatic carbocycles. The minimum absolute atomic E-state index is 0.116. The third kappa shape index (κ3) is 3.98. The van der Waals surface area contributed by atoms with Crippen LogP contribution in [0.5, 0.6) is 0 Å². The number of rotatable bonds is 5. The van der Waals surface area contributed by atoms with Crippen LogP contribution >= 0.6 is 0 Å². The Hall–Kier alpha value is -2.60. The topological polar surface area (TPSA) is 80.6 Å². The lowest BCUT2D eigenvalue weighted by molar-refractivity contribution is 0.0857. The van der Waals surface area contributed by atoms with E-state index in [1.807, 2.05) is 0 Å². The van der Waals surface area contributed by atoms with Gasteiger partial charge in [-0.2, -0.15) is 0 Å². The maximum Gasteiger partial charge on any atom is 0.291 e. The fourth-order valence-electron chi connectivity index (χ4n) is 2.42. The molecule has 0 radical (unpaired) electrons. The lowest BCUT2D eigenvalue weighted by atomic mass is 10.2. The highest BCUT2D eigenvalue weighted by Crippen LogP contribution is 2.13. The second-order valence-electron chi connectivity index (χ2n) is 5.35. The van der Waals surface area contributed by atoms with Crippen molar-refractivity contribution in [1.82, 2.24) is 5.32 Å². The highest BCUT2D eigenvalue weighted by Gasteiger charge is 2.16. The summed E-state index contributed by atoms with van der Waals surface area (Å²) >= 11 is 0. The first-order chi connectivity index (χ1) is 11.2. The van der Waals surface area contributed by atoms with Gasteiger partial charge in [0, 0.05) is 24.4 Å². The van der Waals surface area contributed by atoms with Crippen molar-refractivity contribution in [2.45, 2.75) is 18.9 Å². The van der Waals surface area contributed by atoms with Crippen molar-refractivity contribution in [3.05, 3.63) is 54.0 Å². The predicted molar refractivity (Wildman–Crippen MR) is 84.4 cm³/mol. The van der Waals surface area contributed by atoms with Crippen LogP contribution in [0, 0.1) is 0 Å². The summed E-state index contributed by atoms with van der Waals surface area (Å²) in [5.41, 5.74) is 1.14. The van der Waals surface area contributed by atoms with Crippen LogP contribution < -0.4 is 10.6 Å². The number of hydrogen-bond donors (Lipinski definition) is 2. The monoisotopic (exact) mass is 314 g/mol. The molecule has 6 heteroatoms. The molecule has 2 heterocycles. The predicted octanol–water partition coefficient (Wildman–Crippen LogP) is 2.44. The van der Waals surface area contributed by atoms with Gasteiger partial charge in [-0.15, -0.1) is 0 Å². The number of benzene rings is 1. The van der Waals surface area contributed by atoms with E-state index in [1.165, 1.54) is 6.26 Å². The van der Waals surface area contributed by atoms with E-state index >= 15 is 0 Å². The summed E-state index contributed by atoms with van der Waals surface area (Å²) < 4.78 is 10.5. The maximum atomic E-state index is 12.1. The molecule has 1 atom stereocenters. The minimum Gasteiger partial charge on any atom is -0.459 e. The van der Waals surface area contributed by atoms with Gasteiger partial charge < -0.3 is 19.8 Å². The molecule has 23 heavy (non-hydrogen) atoms. The summed E-state index contributed by atoms with van der Waals surface area (Å²) in [5.74, 6) is -0.238. The molecule has 2 amide bonds. The van der Waals surface area contributed by atoms with Crippen LogP contribution in [-0.2, 0) is 4.74 Å². The molecule has 0 spiro atoms. The van der Waals surface area contributed by atoms with Gasteiger partial charge in [-0.25, -0.2) is 0 Å². The average molecular weight is 314 g/mol. The quantitative estimate of drug-likeness (QED) is 0.888. The maximum absolute atomic E-state index is 12.1. The summed E-state index contributed by atoms with van der Waals surface area (Å²) in [6, 6.07) is 9.94. The first-order valence-electron chi connectivity index (χ1n) is 7.57. The highest BCUT2D eigenvalue weighted by atomic mass is 16.5. The molecular formula is C17H18N2O4. The van der Waals surface area contributed by atoms with Crippen molar-refractivity contribution in [3.8, 4) is 0 Å². The van der Waals surface area contributed by atoms with Gasteiger partial charge in [0.25, 0.3) is 11.8 Å². The second-order valence-corrected chi connectivity index (χ2v) is 5.35. The van der Waals surface area contributed by atoms with Crippen LogP contribution in [-0.4, -0.2) is 31.1 Å². The molecule has 2 N–H and O–H groups in total. The Balaban J connectivity index is 1.53. The van der Waals surface area contributed by atoms with Crippen LogP contribution in [0.25, 0.3) is 0 Å². The van der Waals surface area contributed by atoms with Gasteiger partial charge in [-0.1, -0.05) is 0 Å². The van der Waals surface area contributed by atoms with Crippen LogP contribution in [0.1, 0.15) is 33.8 Å². The zero-order chi connectivity index (χ0) is 16.1. The van der Waals surface area contributed by atoms with E-state index in [-0.39, 0.29) is 23.7 Å². The summed E-state index contributed by atoms with van der Waals surface area (Å²) in [4.78, 5) is 23.9. The van der Waals surface area contributed by atoms with Crippen molar-refractivity contribution in [3.63, 3.8) is 0 Å². The number of carbonyl (C=O) groups excluding carboxylic acids is 2. The lowest BCUT2D eigenvalue weighted by Crippen LogP contribution is -2.31. The number of ether oxygens (including phenoxy) is 1. The zero-order valence-corrected chi connectivity index (χ0v) is 12.6. The molecule has 1 aliphatic heterocycles. The number of amides is 2. The van der Waals surface area contributed by atoms with Crippen LogP contribution in [0.3, 0.4) is 0 Å². The van der Waals surface area contributed by atoms with Crippen molar-refractivity contribution < 1.29 is 18.7 Å². The van der Waals surface area contributed by atoms with Crippen molar-refractivity contribution in [2.24, 2.45) is 0 Å². The Morgan fingerprint density at radius 2 is 1.96 bits per heavy atom. The number of anilines is 1. The number of nitrogens with one attached hydrogen (secondary N) is 2. The molecule has 1 aromatic heterocycles. The third-order valence-electron chi connectivity index (χ3n) is 3.66. The highest BCUT2D eigenvalue weighted by molar-refractivity contribution is 6.02.